The Morgan fingerprint density at radius 2 is 1.88 bits per heavy atom. The topological polar surface area (TPSA) is 46.5 Å². The molecule has 2 aliphatic rings. The van der Waals surface area contributed by atoms with Gasteiger partial charge in [-0.05, 0) is 67.8 Å². The Morgan fingerprint density at radius 3 is 2.64 bits per heavy atom. The van der Waals surface area contributed by atoms with Gasteiger partial charge in [0.25, 0.3) is 0 Å². The van der Waals surface area contributed by atoms with Crippen LogP contribution >= 0.6 is 0 Å². The maximum absolute atomic E-state index is 10.5. The monoisotopic (exact) mass is 342 g/mol. The molecule has 0 heterocycles. The Hall–Kier alpha value is -1.61. The van der Waals surface area contributed by atoms with E-state index < -0.39 is 5.97 Å². The molecule has 0 aliphatic heterocycles. The molecular weight excluding hydrogens is 312 g/mol. The molecule has 0 amide bonds. The highest BCUT2D eigenvalue weighted by atomic mass is 16.5. The molecule has 25 heavy (non-hydrogen) atoms. The van der Waals surface area contributed by atoms with Crippen molar-refractivity contribution in [3.05, 3.63) is 48.0 Å². The lowest BCUT2D eigenvalue weighted by Gasteiger charge is -2.30. The van der Waals surface area contributed by atoms with Gasteiger partial charge in [0.15, 0.2) is 0 Å². The van der Waals surface area contributed by atoms with Crippen molar-refractivity contribution in [2.45, 2.75) is 51.6 Å². The Morgan fingerprint density at radius 1 is 1.12 bits per heavy atom. The van der Waals surface area contributed by atoms with Crippen molar-refractivity contribution in [2.24, 2.45) is 23.7 Å². The molecule has 2 fully saturated rings. The predicted octanol–water partition coefficient (Wildman–Crippen LogP) is 5.07. The Labute approximate surface area is 151 Å². The van der Waals surface area contributed by atoms with Crippen LogP contribution in [-0.4, -0.2) is 17.7 Å². The number of unbranched alkanes of at least 4 members (excludes halogenated alkanes) is 1. The van der Waals surface area contributed by atoms with Gasteiger partial charge in [-0.2, -0.15) is 0 Å². The first-order chi connectivity index (χ1) is 12.2. The van der Waals surface area contributed by atoms with Crippen molar-refractivity contribution in [1.82, 2.24) is 0 Å². The highest BCUT2D eigenvalue weighted by molar-refractivity contribution is 5.66. The van der Waals surface area contributed by atoms with E-state index in [4.69, 9.17) is 9.84 Å². The molecule has 136 valence electrons. The average molecular weight is 342 g/mol. The summed E-state index contributed by atoms with van der Waals surface area (Å²) in [5.41, 5.74) is 1.25. The van der Waals surface area contributed by atoms with Crippen molar-refractivity contribution in [2.75, 3.05) is 6.61 Å². The standard InChI is InChI=1S/C22H30O3/c23-22(24)11-7-2-1-6-10-20-18-12-13-19(14-18)21(20)16-25-15-17-8-4-3-5-9-17/h1,3-6,8-9,18-21H,2,7,10-16H2,(H,23,24)/b6-1-/t18-,19+,20-,21+/m0/s1. The van der Waals surface area contributed by atoms with Crippen LogP contribution in [0.5, 0.6) is 0 Å². The minimum atomic E-state index is -0.697. The Balaban J connectivity index is 1.43. The molecular formula is C22H30O3. The normalized spacial score (nSPS) is 28.0. The molecule has 2 aliphatic carbocycles. The van der Waals surface area contributed by atoms with Gasteiger partial charge in [0.2, 0.25) is 0 Å². The van der Waals surface area contributed by atoms with Gasteiger partial charge >= 0.3 is 5.97 Å². The van der Waals surface area contributed by atoms with E-state index in [2.05, 4.69) is 36.4 Å². The Kier molecular flexibility index (Phi) is 6.69. The number of ether oxygens (including phenoxy) is 1. The number of carboxylic acid groups (broad SMARTS) is 1. The van der Waals surface area contributed by atoms with Crippen LogP contribution in [0.1, 0.15) is 50.5 Å². The molecule has 0 spiro atoms. The molecule has 2 bridgehead atoms. The maximum Gasteiger partial charge on any atom is 0.303 e. The first kappa shape index (κ1) is 18.2. The summed E-state index contributed by atoms with van der Waals surface area (Å²) in [4.78, 5) is 10.5. The molecule has 4 atom stereocenters. The van der Waals surface area contributed by atoms with Crippen molar-refractivity contribution < 1.29 is 14.6 Å². The van der Waals surface area contributed by atoms with E-state index in [0.29, 0.717) is 12.5 Å². The number of rotatable bonds is 10. The molecule has 0 aromatic heterocycles. The molecule has 3 rings (SSSR count). The zero-order valence-corrected chi connectivity index (χ0v) is 15.0. The van der Waals surface area contributed by atoms with E-state index in [9.17, 15) is 4.79 Å². The summed E-state index contributed by atoms with van der Waals surface area (Å²) >= 11 is 0. The van der Waals surface area contributed by atoms with Crippen LogP contribution in [0.4, 0.5) is 0 Å². The van der Waals surface area contributed by atoms with Crippen molar-refractivity contribution in [3.8, 4) is 0 Å². The molecule has 3 nitrogen and oxygen atoms in total. The van der Waals surface area contributed by atoms with Crippen LogP contribution in [0, 0.1) is 23.7 Å². The van der Waals surface area contributed by atoms with Gasteiger partial charge in [0, 0.05) is 6.42 Å². The fourth-order valence-corrected chi connectivity index (χ4v) is 4.79. The Bertz CT molecular complexity index is 566. The highest BCUT2D eigenvalue weighted by Gasteiger charge is 2.46. The van der Waals surface area contributed by atoms with E-state index in [1.807, 2.05) is 6.07 Å². The number of benzene rings is 1. The van der Waals surface area contributed by atoms with Crippen LogP contribution in [0.25, 0.3) is 0 Å². The number of carbonyl (C=O) groups is 1. The molecule has 3 heteroatoms. The largest absolute Gasteiger partial charge is 0.481 e. The van der Waals surface area contributed by atoms with E-state index in [0.717, 1.165) is 43.6 Å². The second-order valence-corrected chi connectivity index (χ2v) is 7.65. The quantitative estimate of drug-likeness (QED) is 0.477. The van der Waals surface area contributed by atoms with Crippen LogP contribution in [0.15, 0.2) is 42.5 Å². The van der Waals surface area contributed by atoms with Crippen LogP contribution in [0.3, 0.4) is 0 Å². The summed E-state index contributed by atoms with van der Waals surface area (Å²) in [7, 11) is 0. The van der Waals surface area contributed by atoms with Crippen molar-refractivity contribution in [3.63, 3.8) is 0 Å². The highest BCUT2D eigenvalue weighted by Crippen LogP contribution is 2.53. The average Bonchev–Trinajstić information content (AvgIpc) is 3.21. The predicted molar refractivity (Wildman–Crippen MR) is 99.2 cm³/mol. The summed E-state index contributed by atoms with van der Waals surface area (Å²) in [6, 6.07) is 10.4. The molecule has 1 aromatic rings. The molecule has 0 unspecified atom stereocenters. The number of allylic oxidation sites excluding steroid dienone is 2. The van der Waals surface area contributed by atoms with E-state index in [-0.39, 0.29) is 6.42 Å². The van der Waals surface area contributed by atoms with Gasteiger partial charge in [-0.15, -0.1) is 0 Å². The minimum Gasteiger partial charge on any atom is -0.481 e. The minimum absolute atomic E-state index is 0.272. The van der Waals surface area contributed by atoms with E-state index in [1.54, 1.807) is 0 Å². The number of aliphatic carboxylic acids is 1. The molecule has 1 N–H and O–H groups in total. The summed E-state index contributed by atoms with van der Waals surface area (Å²) in [6.45, 7) is 1.60. The zero-order chi connectivity index (χ0) is 17.5. The van der Waals surface area contributed by atoms with Gasteiger partial charge < -0.3 is 9.84 Å². The number of hydrogen-bond donors (Lipinski definition) is 1. The van der Waals surface area contributed by atoms with Crippen LogP contribution in [-0.2, 0) is 16.1 Å². The summed E-state index contributed by atoms with van der Waals surface area (Å²) in [5, 5.41) is 8.68. The van der Waals surface area contributed by atoms with Crippen LogP contribution in [0.2, 0.25) is 0 Å². The first-order valence-electron chi connectivity index (χ1n) is 9.72. The van der Waals surface area contributed by atoms with Crippen molar-refractivity contribution in [1.29, 1.82) is 0 Å². The van der Waals surface area contributed by atoms with Gasteiger partial charge in [-0.25, -0.2) is 0 Å². The number of hydrogen-bond acceptors (Lipinski definition) is 2. The summed E-state index contributed by atoms with van der Waals surface area (Å²) < 4.78 is 6.07. The number of fused-ring (bicyclic) bond motifs is 2. The van der Waals surface area contributed by atoms with Gasteiger partial charge in [0.05, 0.1) is 13.2 Å². The SMILES string of the molecule is O=C(O)CCC/C=C\C[C@H]1[C@H]2CC[C@H](C2)[C@H]1COCc1ccccc1. The maximum atomic E-state index is 10.5. The van der Waals surface area contributed by atoms with Gasteiger partial charge in [-0.3, -0.25) is 4.79 Å². The lowest BCUT2D eigenvalue weighted by molar-refractivity contribution is -0.137. The fraction of sp³-hybridized carbons (Fsp3) is 0.591. The van der Waals surface area contributed by atoms with E-state index in [1.165, 1.54) is 24.8 Å². The van der Waals surface area contributed by atoms with Gasteiger partial charge in [0.1, 0.15) is 0 Å². The summed E-state index contributed by atoms with van der Waals surface area (Å²) in [5.74, 6) is 2.48. The zero-order valence-electron chi connectivity index (χ0n) is 15.0. The molecule has 0 radical (unpaired) electrons. The third kappa shape index (κ3) is 5.18. The molecule has 0 saturated heterocycles. The molecule has 2 saturated carbocycles. The lowest BCUT2D eigenvalue weighted by atomic mass is 9.78. The third-order valence-corrected chi connectivity index (χ3v) is 6.03. The summed E-state index contributed by atoms with van der Waals surface area (Å²) in [6.07, 6.45) is 11.6. The fourth-order valence-electron chi connectivity index (χ4n) is 4.79. The lowest BCUT2D eigenvalue weighted by Crippen LogP contribution is -2.26. The third-order valence-electron chi connectivity index (χ3n) is 6.03. The number of carboxylic acids is 1. The first-order valence-corrected chi connectivity index (χ1v) is 9.72. The van der Waals surface area contributed by atoms with Crippen molar-refractivity contribution >= 4 is 5.97 Å². The van der Waals surface area contributed by atoms with E-state index >= 15 is 0 Å². The van der Waals surface area contributed by atoms with Crippen LogP contribution < -0.4 is 0 Å². The smallest absolute Gasteiger partial charge is 0.303 e. The van der Waals surface area contributed by atoms with Gasteiger partial charge in [-0.1, -0.05) is 42.5 Å². The second-order valence-electron chi connectivity index (χ2n) is 7.65. The second kappa shape index (κ2) is 9.19. The molecule has 1 aromatic carbocycles.